The van der Waals surface area contributed by atoms with Crippen molar-refractivity contribution in [3.8, 4) is 0 Å². The molecule has 1 fully saturated rings. The van der Waals surface area contributed by atoms with Crippen LogP contribution >= 0.6 is 0 Å². The van der Waals surface area contributed by atoms with Crippen molar-refractivity contribution >= 4 is 70.9 Å². The normalized spacial score (nSPS) is 25.1. The van der Waals surface area contributed by atoms with Crippen LogP contribution in [0.4, 0.5) is 0 Å². The van der Waals surface area contributed by atoms with Gasteiger partial charge in [0.25, 0.3) is 0 Å². The Morgan fingerprint density at radius 1 is 0.552 bits per heavy atom. The van der Waals surface area contributed by atoms with E-state index in [9.17, 15) is 43.5 Å². The first kappa shape index (κ1) is 87.3. The maximum absolute atomic E-state index is 15.3. The minimum Gasteiger partial charge on any atom is -0.390 e. The average Bonchev–Trinajstić information content (AvgIpc) is 0.815. The van der Waals surface area contributed by atoms with Crippen LogP contribution in [-0.2, 0) is 62.3 Å². The summed E-state index contributed by atoms with van der Waals surface area (Å²) < 4.78 is 5.82. The number of hydrogen-bond donors (Lipinski definition) is 7. The minimum absolute atomic E-state index is 0.00188. The van der Waals surface area contributed by atoms with E-state index in [4.69, 9.17) is 10.5 Å². The number of nitrogens with two attached hydrogens (primary N) is 1. The van der Waals surface area contributed by atoms with E-state index in [1.54, 1.807) is 60.6 Å². The lowest BCUT2D eigenvalue weighted by Gasteiger charge is -2.41. The monoisotopic (exact) mass is 1360 g/mol. The zero-order valence-corrected chi connectivity index (χ0v) is 62.4. The van der Waals surface area contributed by atoms with Gasteiger partial charge in [-0.15, -0.1) is 0 Å². The number of likely N-dealkylation sites (N-methyl/N-ethyl adjacent to an activating group) is 7. The molecule has 12 amide bonds. The lowest BCUT2D eigenvalue weighted by molar-refractivity contribution is -0.157. The van der Waals surface area contributed by atoms with Crippen LogP contribution in [0, 0.1) is 41.4 Å². The largest absolute Gasteiger partial charge is 0.390 e. The molecule has 0 aliphatic carbocycles. The molecule has 96 heavy (non-hydrogen) atoms. The Kier molecular flexibility index (Phi) is 38.3. The molecule has 1 rings (SSSR count). The molecule has 550 valence electrons. The summed E-state index contributed by atoms with van der Waals surface area (Å²) in [5, 5.41) is 25.9. The fourth-order valence-electron chi connectivity index (χ4n) is 11.7. The van der Waals surface area contributed by atoms with E-state index in [1.165, 1.54) is 75.9 Å². The Morgan fingerprint density at radius 3 is 1.51 bits per heavy atom. The number of nitrogens with zero attached hydrogens (tertiary/aromatic N) is 7. The van der Waals surface area contributed by atoms with Crippen LogP contribution in [-0.4, -0.2) is 259 Å². The van der Waals surface area contributed by atoms with E-state index >= 15 is 19.2 Å². The molecule has 1 aliphatic rings. The quantitative estimate of drug-likeness (QED) is 0.0539. The van der Waals surface area contributed by atoms with Crippen LogP contribution in [0.25, 0.3) is 0 Å². The molecule has 12 atom stereocenters. The molecule has 8 N–H and O–H groups in total. The van der Waals surface area contributed by atoms with Crippen molar-refractivity contribution in [2.45, 2.75) is 235 Å². The van der Waals surface area contributed by atoms with Gasteiger partial charge in [0.05, 0.1) is 19.3 Å². The van der Waals surface area contributed by atoms with E-state index < -0.39 is 175 Å². The molecule has 1 heterocycles. The van der Waals surface area contributed by atoms with Crippen molar-refractivity contribution in [1.82, 2.24) is 60.9 Å². The smallest absolute Gasteiger partial charge is 0.247 e. The van der Waals surface area contributed by atoms with Gasteiger partial charge in [0, 0.05) is 55.9 Å². The molecule has 0 unspecified atom stereocenters. The predicted molar refractivity (Wildman–Crippen MR) is 370 cm³/mol. The number of allylic oxidation sites excluding steroid dienone is 2. The van der Waals surface area contributed by atoms with Crippen molar-refractivity contribution in [2.24, 2.45) is 47.2 Å². The predicted octanol–water partition coefficient (Wildman–Crippen LogP) is 2.51. The van der Waals surface area contributed by atoms with Gasteiger partial charge in [-0.1, -0.05) is 116 Å². The Hall–Kier alpha value is -6.74. The van der Waals surface area contributed by atoms with E-state index in [1.807, 2.05) is 55.4 Å². The van der Waals surface area contributed by atoms with Crippen LogP contribution in [0.5, 0.6) is 0 Å². The SMILES string of the molecule is C/C=C/C[C@@H](C)[C@@H](O)[C@H]1C(=O)N[C@@H](CC)C(=O)N(C)CC(=O)N(C)[C@@H](CC(C)C)C(=O)N[C@@H](C(C)C)C(=O)N(C)[C@@H](CC(C)C)C(=O)N[C@@H](C)C(=O)N[C@H](COCC(=O)NCCCCCN)C(=O)N(C)[C@@H](CC(C)C)C(=O)N(C)[C@@H](CC(C)C)C(=O)N(C)[C@@H](C(C)C)C(=O)N1C. The molecule has 27 nitrogen and oxygen atoms in total. The summed E-state index contributed by atoms with van der Waals surface area (Å²) >= 11 is 0. The number of aliphatic hydroxyl groups excluding tert-OH is 1. The van der Waals surface area contributed by atoms with Crippen LogP contribution < -0.4 is 32.3 Å². The highest BCUT2D eigenvalue weighted by atomic mass is 16.5. The Bertz CT molecular complexity index is 2600. The van der Waals surface area contributed by atoms with Crippen LogP contribution in [0.1, 0.15) is 169 Å². The first-order valence-electron chi connectivity index (χ1n) is 34.5. The first-order valence-corrected chi connectivity index (χ1v) is 34.5. The van der Waals surface area contributed by atoms with Gasteiger partial charge in [-0.3, -0.25) is 57.5 Å². The van der Waals surface area contributed by atoms with Crippen molar-refractivity contribution in [1.29, 1.82) is 0 Å². The third kappa shape index (κ3) is 26.6. The second-order valence-electron chi connectivity index (χ2n) is 28.6. The van der Waals surface area contributed by atoms with Crippen molar-refractivity contribution in [3.63, 3.8) is 0 Å². The average molecular weight is 1360 g/mol. The number of nitrogens with one attached hydrogen (secondary N) is 5. The highest BCUT2D eigenvalue weighted by Crippen LogP contribution is 2.26. The molecule has 0 aromatic carbocycles. The lowest BCUT2D eigenvalue weighted by Crippen LogP contribution is -2.63. The van der Waals surface area contributed by atoms with Gasteiger partial charge in [0.15, 0.2) is 0 Å². The van der Waals surface area contributed by atoms with Crippen LogP contribution in [0.2, 0.25) is 0 Å². The third-order valence-electron chi connectivity index (χ3n) is 17.7. The summed E-state index contributed by atoms with van der Waals surface area (Å²) in [5.74, 6) is -11.3. The molecule has 0 spiro atoms. The van der Waals surface area contributed by atoms with Gasteiger partial charge in [0.1, 0.15) is 67.0 Å². The summed E-state index contributed by atoms with van der Waals surface area (Å²) in [6, 6.07) is -13.4. The third-order valence-corrected chi connectivity index (χ3v) is 17.7. The highest BCUT2D eigenvalue weighted by Gasteiger charge is 2.46. The molecule has 0 radical (unpaired) electrons. The Balaban J connectivity index is 4.47. The van der Waals surface area contributed by atoms with Gasteiger partial charge >= 0.3 is 0 Å². The fourth-order valence-corrected chi connectivity index (χ4v) is 11.7. The fraction of sp³-hybridized carbons (Fsp3) is 0.797. The Labute approximate surface area is 573 Å². The summed E-state index contributed by atoms with van der Waals surface area (Å²) in [4.78, 5) is 184. The van der Waals surface area contributed by atoms with Gasteiger partial charge in [0.2, 0.25) is 70.9 Å². The number of aliphatic hydroxyl groups is 1. The van der Waals surface area contributed by atoms with E-state index in [0.29, 0.717) is 19.5 Å². The number of rotatable bonds is 24. The molecule has 0 saturated carbocycles. The van der Waals surface area contributed by atoms with Gasteiger partial charge < -0.3 is 76.5 Å². The number of ether oxygens (including phenoxy) is 1. The van der Waals surface area contributed by atoms with Crippen LogP contribution in [0.3, 0.4) is 0 Å². The Morgan fingerprint density at radius 2 is 1.02 bits per heavy atom. The number of amides is 12. The summed E-state index contributed by atoms with van der Waals surface area (Å²) in [7, 11) is 9.73. The van der Waals surface area contributed by atoms with Gasteiger partial charge in [-0.25, -0.2) is 0 Å². The standard InChI is InChI=1S/C69H125N13O14/c1-24-26-30-46(15)59(85)58-63(89)73-48(25-2)64(90)76(17)37-55(84)77(18)50(33-40(3)4)62(88)75-56(44(11)12)68(94)78(19)51(34-41(5)6)61(87)72-47(16)60(86)74-49(38-96-39-54(83)71-32-29-27-28-31-70)65(91)79(20)52(35-42(7)8)66(92)80(21)53(36-43(9)10)67(93)81(22)57(45(13)14)69(95)82(58)23/h24,26,40-53,56-59,85H,25,27-39,70H2,1-23H3,(H,71,83)(H,72,87)(H,73,89)(H,74,86)(H,75,88)/b26-24+/t46-,47+,48+,49-,50+,51+,52+,53+,56+,57+,58+,59-/m1/s1. The molecule has 27 heteroatoms. The second kappa shape index (κ2) is 42.2. The number of unbranched alkanes of at least 4 members (excludes halogenated alkanes) is 2. The van der Waals surface area contributed by atoms with Gasteiger partial charge in [-0.05, 0) is 113 Å². The maximum Gasteiger partial charge on any atom is 0.247 e. The molecule has 0 aromatic heterocycles. The summed E-state index contributed by atoms with van der Waals surface area (Å²) in [5.41, 5.74) is 5.63. The zero-order chi connectivity index (χ0) is 73.9. The maximum atomic E-state index is 15.3. The van der Waals surface area contributed by atoms with Crippen LogP contribution in [0.15, 0.2) is 12.2 Å². The first-order chi connectivity index (χ1) is 44.6. The summed E-state index contributed by atoms with van der Waals surface area (Å²) in [6.07, 6.45) is 4.90. The van der Waals surface area contributed by atoms with Crippen molar-refractivity contribution < 1.29 is 67.4 Å². The molecule has 1 aliphatic heterocycles. The zero-order valence-electron chi connectivity index (χ0n) is 62.4. The van der Waals surface area contributed by atoms with Crippen molar-refractivity contribution in [2.75, 3.05) is 82.2 Å². The van der Waals surface area contributed by atoms with E-state index in [-0.39, 0.29) is 62.2 Å². The molecule has 1 saturated heterocycles. The topological polar surface area (TPSA) is 343 Å². The minimum atomic E-state index is -1.65. The second-order valence-corrected chi connectivity index (χ2v) is 28.6. The molecular formula is C69H125N13O14. The lowest BCUT2D eigenvalue weighted by atomic mass is 9.91. The highest BCUT2D eigenvalue weighted by molar-refractivity contribution is 5.99. The molecular weight excluding hydrogens is 1230 g/mol. The van der Waals surface area contributed by atoms with E-state index in [0.717, 1.165) is 27.5 Å². The number of hydrogen-bond acceptors (Lipinski definition) is 15. The number of carbonyl (C=O) groups is 12. The molecule has 0 bridgehead atoms. The summed E-state index contributed by atoms with van der Waals surface area (Å²) in [6.45, 7) is 27.3. The van der Waals surface area contributed by atoms with Crippen molar-refractivity contribution in [3.05, 3.63) is 12.2 Å². The molecule has 0 aromatic rings. The van der Waals surface area contributed by atoms with Gasteiger partial charge in [-0.2, -0.15) is 0 Å². The number of carbonyl (C=O) groups excluding carboxylic acids is 12. The van der Waals surface area contributed by atoms with E-state index in [2.05, 4.69) is 26.6 Å².